The molecule has 20 heavy (non-hydrogen) atoms. The van der Waals surface area contributed by atoms with Crippen molar-refractivity contribution in [2.24, 2.45) is 0 Å². The van der Waals surface area contributed by atoms with Gasteiger partial charge >= 0.3 is 0 Å². The Bertz CT molecular complexity index is 643. The number of hydrogen-bond acceptors (Lipinski definition) is 1. The number of hydrogen-bond donors (Lipinski definition) is 1. The summed E-state index contributed by atoms with van der Waals surface area (Å²) in [4.78, 5) is 0. The van der Waals surface area contributed by atoms with E-state index in [4.69, 9.17) is 11.6 Å². The molecule has 1 nitrogen and oxygen atoms in total. The highest BCUT2D eigenvalue weighted by Gasteiger charge is 2.19. The lowest BCUT2D eigenvalue weighted by Crippen LogP contribution is -2.19. The molecular weight excluding hydrogens is 287 g/mol. The number of halogens is 4. The second kappa shape index (κ2) is 5.85. The summed E-state index contributed by atoms with van der Waals surface area (Å²) in [5.41, 5.74) is 0.817. The summed E-state index contributed by atoms with van der Waals surface area (Å²) >= 11 is 5.62. The topological polar surface area (TPSA) is 12.0 Å². The molecule has 0 spiro atoms. The van der Waals surface area contributed by atoms with Crippen molar-refractivity contribution < 1.29 is 13.2 Å². The van der Waals surface area contributed by atoms with Gasteiger partial charge < -0.3 is 5.32 Å². The second-order valence-electron chi connectivity index (χ2n) is 4.52. The molecule has 1 atom stereocenters. The fourth-order valence-electron chi connectivity index (χ4n) is 2.08. The Balaban J connectivity index is 2.52. The van der Waals surface area contributed by atoms with Crippen LogP contribution in [0.2, 0.25) is 5.02 Å². The van der Waals surface area contributed by atoms with Gasteiger partial charge in [-0.1, -0.05) is 17.7 Å². The van der Waals surface area contributed by atoms with E-state index in [9.17, 15) is 13.2 Å². The summed E-state index contributed by atoms with van der Waals surface area (Å²) < 4.78 is 41.1. The molecule has 5 heteroatoms. The zero-order chi connectivity index (χ0) is 14.9. The third-order valence-corrected chi connectivity index (χ3v) is 3.46. The molecule has 1 N–H and O–H groups in total. The average Bonchev–Trinajstić information content (AvgIpc) is 2.40. The highest BCUT2D eigenvalue weighted by Crippen LogP contribution is 2.28. The van der Waals surface area contributed by atoms with E-state index in [0.717, 1.165) is 12.1 Å². The fourth-order valence-corrected chi connectivity index (χ4v) is 2.19. The third kappa shape index (κ3) is 2.81. The van der Waals surface area contributed by atoms with Crippen molar-refractivity contribution in [3.05, 3.63) is 69.5 Å². The van der Waals surface area contributed by atoms with Crippen LogP contribution in [0.4, 0.5) is 13.2 Å². The summed E-state index contributed by atoms with van der Waals surface area (Å²) in [5.74, 6) is -1.65. The van der Waals surface area contributed by atoms with E-state index in [1.165, 1.54) is 19.1 Å². The van der Waals surface area contributed by atoms with E-state index < -0.39 is 23.5 Å². The molecule has 0 saturated heterocycles. The Morgan fingerprint density at radius 2 is 1.70 bits per heavy atom. The molecule has 0 heterocycles. The van der Waals surface area contributed by atoms with Crippen LogP contribution in [0.3, 0.4) is 0 Å². The van der Waals surface area contributed by atoms with Gasteiger partial charge in [0.2, 0.25) is 0 Å². The fraction of sp³-hybridized carbons (Fsp3) is 0.200. The molecule has 0 fully saturated rings. The predicted octanol–water partition coefficient (Wildman–Crippen LogP) is 4.37. The van der Waals surface area contributed by atoms with Crippen LogP contribution in [0, 0.1) is 24.4 Å². The molecule has 0 saturated carbocycles. The lowest BCUT2D eigenvalue weighted by molar-refractivity contribution is 0.551. The van der Waals surface area contributed by atoms with Gasteiger partial charge in [0.1, 0.15) is 17.5 Å². The van der Waals surface area contributed by atoms with Crippen LogP contribution >= 0.6 is 11.6 Å². The van der Waals surface area contributed by atoms with Gasteiger partial charge in [0, 0.05) is 5.56 Å². The minimum atomic E-state index is -0.656. The van der Waals surface area contributed by atoms with Crippen LogP contribution in [0.15, 0.2) is 30.3 Å². The minimum Gasteiger partial charge on any atom is -0.309 e. The predicted molar refractivity (Wildman–Crippen MR) is 73.4 cm³/mol. The molecule has 0 aliphatic heterocycles. The van der Waals surface area contributed by atoms with Crippen LogP contribution < -0.4 is 5.32 Å². The number of aryl methyl sites for hydroxylation is 1. The molecule has 0 amide bonds. The minimum absolute atomic E-state index is 0.0147. The molecule has 0 radical (unpaired) electrons. The average molecular weight is 300 g/mol. The van der Waals surface area contributed by atoms with Crippen LogP contribution in [-0.2, 0) is 0 Å². The van der Waals surface area contributed by atoms with Crippen molar-refractivity contribution in [2.45, 2.75) is 13.0 Å². The second-order valence-corrected chi connectivity index (χ2v) is 4.93. The van der Waals surface area contributed by atoms with Crippen molar-refractivity contribution in [1.29, 1.82) is 0 Å². The molecule has 2 rings (SSSR count). The van der Waals surface area contributed by atoms with Crippen LogP contribution in [0.5, 0.6) is 0 Å². The van der Waals surface area contributed by atoms with Gasteiger partial charge in [-0.2, -0.15) is 0 Å². The molecule has 2 aromatic carbocycles. The molecule has 0 aromatic heterocycles. The smallest absolute Gasteiger partial charge is 0.142 e. The SMILES string of the molecule is CNC(c1ccc(Cl)c(F)c1)c1cc(F)c(C)cc1F. The van der Waals surface area contributed by atoms with Gasteiger partial charge in [0.25, 0.3) is 0 Å². The first-order valence-corrected chi connectivity index (χ1v) is 6.39. The molecule has 1 unspecified atom stereocenters. The number of nitrogens with one attached hydrogen (secondary N) is 1. The quantitative estimate of drug-likeness (QED) is 0.887. The monoisotopic (exact) mass is 299 g/mol. The Morgan fingerprint density at radius 3 is 2.30 bits per heavy atom. The lowest BCUT2D eigenvalue weighted by Gasteiger charge is -2.19. The summed E-state index contributed by atoms with van der Waals surface area (Å²) in [6.45, 7) is 1.48. The first-order chi connectivity index (χ1) is 9.43. The Hall–Kier alpha value is -1.52. The van der Waals surface area contributed by atoms with Gasteiger partial charge in [-0.05, 0) is 49.4 Å². The third-order valence-electron chi connectivity index (χ3n) is 3.15. The molecule has 0 aliphatic carbocycles. The van der Waals surface area contributed by atoms with E-state index in [-0.39, 0.29) is 16.1 Å². The van der Waals surface area contributed by atoms with Crippen LogP contribution in [0.25, 0.3) is 0 Å². The summed E-state index contributed by atoms with van der Waals surface area (Å²) in [7, 11) is 1.59. The zero-order valence-electron chi connectivity index (χ0n) is 11.0. The maximum atomic E-state index is 14.0. The van der Waals surface area contributed by atoms with E-state index in [1.54, 1.807) is 13.1 Å². The highest BCUT2D eigenvalue weighted by atomic mass is 35.5. The molecule has 106 valence electrons. The summed E-state index contributed by atoms with van der Waals surface area (Å²) in [6, 6.07) is 5.76. The van der Waals surface area contributed by atoms with Gasteiger partial charge in [-0.3, -0.25) is 0 Å². The van der Waals surface area contributed by atoms with E-state index in [1.807, 2.05) is 0 Å². The number of benzene rings is 2. The number of rotatable bonds is 3. The molecule has 0 aliphatic rings. The van der Waals surface area contributed by atoms with Crippen molar-refractivity contribution >= 4 is 11.6 Å². The van der Waals surface area contributed by atoms with Crippen molar-refractivity contribution in [1.82, 2.24) is 5.32 Å². The first-order valence-electron chi connectivity index (χ1n) is 6.01. The Labute approximate surface area is 120 Å². The molecule has 2 aromatic rings. The van der Waals surface area contributed by atoms with Gasteiger partial charge in [-0.15, -0.1) is 0 Å². The zero-order valence-corrected chi connectivity index (χ0v) is 11.7. The van der Waals surface area contributed by atoms with E-state index >= 15 is 0 Å². The molecule has 0 bridgehead atoms. The maximum Gasteiger partial charge on any atom is 0.142 e. The first kappa shape index (κ1) is 14.9. The van der Waals surface area contributed by atoms with Gasteiger partial charge in [0.05, 0.1) is 11.1 Å². The Kier molecular flexibility index (Phi) is 4.35. The van der Waals surface area contributed by atoms with Crippen molar-refractivity contribution in [3.63, 3.8) is 0 Å². The lowest BCUT2D eigenvalue weighted by atomic mass is 9.97. The summed E-state index contributed by atoms with van der Waals surface area (Å²) in [5, 5.41) is 2.84. The van der Waals surface area contributed by atoms with E-state index in [2.05, 4.69) is 5.32 Å². The van der Waals surface area contributed by atoms with Crippen molar-refractivity contribution in [3.8, 4) is 0 Å². The van der Waals surface area contributed by atoms with Crippen molar-refractivity contribution in [2.75, 3.05) is 7.05 Å². The van der Waals surface area contributed by atoms with Gasteiger partial charge in [0.15, 0.2) is 0 Å². The van der Waals surface area contributed by atoms with E-state index in [0.29, 0.717) is 5.56 Å². The maximum absolute atomic E-state index is 14.0. The largest absolute Gasteiger partial charge is 0.309 e. The molecular formula is C15H13ClF3N. The normalized spacial score (nSPS) is 12.5. The van der Waals surface area contributed by atoms with Crippen LogP contribution in [0.1, 0.15) is 22.7 Å². The van der Waals surface area contributed by atoms with Gasteiger partial charge in [-0.25, -0.2) is 13.2 Å². The Morgan fingerprint density at radius 1 is 1.00 bits per heavy atom. The highest BCUT2D eigenvalue weighted by molar-refractivity contribution is 6.30. The summed E-state index contributed by atoms with van der Waals surface area (Å²) in [6.07, 6.45) is 0. The van der Waals surface area contributed by atoms with Crippen LogP contribution in [-0.4, -0.2) is 7.05 Å². The standard InChI is InChI=1S/C15H13ClF3N/c1-8-5-13(18)10(7-12(8)17)15(20-2)9-3-4-11(16)14(19)6-9/h3-7,15,20H,1-2H3.